The number of halogens is 1. The Morgan fingerprint density at radius 3 is 2.56 bits per heavy atom. The first-order chi connectivity index (χ1) is 8.71. The third-order valence-electron chi connectivity index (χ3n) is 3.01. The Balaban J connectivity index is 2.45. The lowest BCUT2D eigenvalue weighted by molar-refractivity contribution is 0.222. The molecule has 0 aliphatic rings. The van der Waals surface area contributed by atoms with Crippen LogP contribution in [-0.4, -0.2) is 37.7 Å². The standard InChI is InChI=1S/C14H23FN2O/c1-3-17(4-2)9-10-18-13-6-5-12(7-8-16)14(15)11-13/h5-6,11H,3-4,7-10,16H2,1-2H3. The van der Waals surface area contributed by atoms with Gasteiger partial charge < -0.3 is 15.4 Å². The summed E-state index contributed by atoms with van der Waals surface area (Å²) in [6.07, 6.45) is 0.561. The van der Waals surface area contributed by atoms with E-state index in [-0.39, 0.29) is 5.82 Å². The molecule has 18 heavy (non-hydrogen) atoms. The van der Waals surface area contributed by atoms with E-state index in [9.17, 15) is 4.39 Å². The predicted molar refractivity (Wildman–Crippen MR) is 72.4 cm³/mol. The minimum Gasteiger partial charge on any atom is -0.492 e. The molecule has 0 spiro atoms. The van der Waals surface area contributed by atoms with Crippen LogP contribution in [0.4, 0.5) is 4.39 Å². The maximum absolute atomic E-state index is 13.6. The molecular formula is C14H23FN2O. The zero-order chi connectivity index (χ0) is 13.4. The maximum Gasteiger partial charge on any atom is 0.130 e. The quantitative estimate of drug-likeness (QED) is 0.771. The van der Waals surface area contributed by atoms with Crippen LogP contribution in [0, 0.1) is 5.82 Å². The number of nitrogens with zero attached hydrogens (tertiary/aromatic N) is 1. The van der Waals surface area contributed by atoms with Crippen LogP contribution in [0.5, 0.6) is 5.75 Å². The molecule has 4 heteroatoms. The molecule has 0 aliphatic carbocycles. The summed E-state index contributed by atoms with van der Waals surface area (Å²) in [5.41, 5.74) is 6.06. The topological polar surface area (TPSA) is 38.5 Å². The molecule has 0 amide bonds. The molecule has 3 nitrogen and oxygen atoms in total. The number of ether oxygens (including phenoxy) is 1. The fraction of sp³-hybridized carbons (Fsp3) is 0.571. The number of rotatable bonds is 8. The van der Waals surface area contributed by atoms with Crippen molar-refractivity contribution < 1.29 is 9.13 Å². The van der Waals surface area contributed by atoms with Gasteiger partial charge in [0.25, 0.3) is 0 Å². The number of benzene rings is 1. The summed E-state index contributed by atoms with van der Waals surface area (Å²) >= 11 is 0. The van der Waals surface area contributed by atoms with E-state index in [1.54, 1.807) is 12.1 Å². The number of hydrogen-bond donors (Lipinski definition) is 1. The molecule has 2 N–H and O–H groups in total. The molecule has 0 atom stereocenters. The van der Waals surface area contributed by atoms with Crippen molar-refractivity contribution >= 4 is 0 Å². The highest BCUT2D eigenvalue weighted by atomic mass is 19.1. The van der Waals surface area contributed by atoms with Gasteiger partial charge in [-0.15, -0.1) is 0 Å². The van der Waals surface area contributed by atoms with Crippen molar-refractivity contribution in [1.82, 2.24) is 4.90 Å². The summed E-state index contributed by atoms with van der Waals surface area (Å²) in [5, 5.41) is 0. The van der Waals surface area contributed by atoms with Crippen LogP contribution in [0.1, 0.15) is 19.4 Å². The lowest BCUT2D eigenvalue weighted by atomic mass is 10.1. The third-order valence-corrected chi connectivity index (χ3v) is 3.01. The second-order valence-electron chi connectivity index (χ2n) is 4.17. The number of nitrogens with two attached hydrogens (primary N) is 1. The average molecular weight is 254 g/mol. The molecule has 0 radical (unpaired) electrons. The number of likely N-dealkylation sites (N-methyl/N-ethyl adjacent to an activating group) is 1. The van der Waals surface area contributed by atoms with Crippen molar-refractivity contribution in [1.29, 1.82) is 0 Å². The number of hydrogen-bond acceptors (Lipinski definition) is 3. The van der Waals surface area contributed by atoms with E-state index in [0.29, 0.717) is 30.9 Å². The Morgan fingerprint density at radius 1 is 1.28 bits per heavy atom. The molecule has 0 saturated carbocycles. The van der Waals surface area contributed by atoms with Gasteiger partial charge in [0.05, 0.1) is 0 Å². The highest BCUT2D eigenvalue weighted by Crippen LogP contribution is 2.16. The second-order valence-corrected chi connectivity index (χ2v) is 4.17. The fourth-order valence-electron chi connectivity index (χ4n) is 1.81. The van der Waals surface area contributed by atoms with Crippen LogP contribution in [-0.2, 0) is 6.42 Å². The normalized spacial score (nSPS) is 10.9. The fourth-order valence-corrected chi connectivity index (χ4v) is 1.81. The van der Waals surface area contributed by atoms with Crippen LogP contribution >= 0.6 is 0 Å². The highest BCUT2D eigenvalue weighted by Gasteiger charge is 2.04. The summed E-state index contributed by atoms with van der Waals surface area (Å²) in [4.78, 5) is 2.26. The second kappa shape index (κ2) is 8.06. The van der Waals surface area contributed by atoms with Gasteiger partial charge in [0.1, 0.15) is 18.2 Å². The minimum absolute atomic E-state index is 0.235. The molecular weight excluding hydrogens is 231 g/mol. The lowest BCUT2D eigenvalue weighted by Gasteiger charge is -2.18. The van der Waals surface area contributed by atoms with E-state index >= 15 is 0 Å². The largest absolute Gasteiger partial charge is 0.492 e. The van der Waals surface area contributed by atoms with Gasteiger partial charge in [-0.05, 0) is 37.7 Å². The van der Waals surface area contributed by atoms with Crippen molar-refractivity contribution in [2.24, 2.45) is 5.73 Å². The average Bonchev–Trinajstić information content (AvgIpc) is 2.38. The zero-order valence-electron chi connectivity index (χ0n) is 11.3. The molecule has 1 aromatic rings. The highest BCUT2D eigenvalue weighted by molar-refractivity contribution is 5.29. The van der Waals surface area contributed by atoms with E-state index < -0.39 is 0 Å². The van der Waals surface area contributed by atoms with Gasteiger partial charge in [0.15, 0.2) is 0 Å². The molecule has 0 heterocycles. The van der Waals surface area contributed by atoms with E-state index in [2.05, 4.69) is 18.7 Å². The molecule has 0 aliphatic heterocycles. The van der Waals surface area contributed by atoms with E-state index in [0.717, 1.165) is 19.6 Å². The van der Waals surface area contributed by atoms with Gasteiger partial charge in [-0.1, -0.05) is 19.9 Å². The Hall–Kier alpha value is -1.13. The Bertz CT molecular complexity index is 354. The van der Waals surface area contributed by atoms with Crippen molar-refractivity contribution in [3.05, 3.63) is 29.6 Å². The molecule has 0 aromatic heterocycles. The Morgan fingerprint density at radius 2 is 2.00 bits per heavy atom. The summed E-state index contributed by atoms with van der Waals surface area (Å²) < 4.78 is 19.2. The van der Waals surface area contributed by atoms with Gasteiger partial charge in [0, 0.05) is 12.6 Å². The first-order valence-corrected chi connectivity index (χ1v) is 6.54. The SMILES string of the molecule is CCN(CC)CCOc1ccc(CCN)c(F)c1. The minimum atomic E-state index is -0.235. The van der Waals surface area contributed by atoms with Gasteiger partial charge in [-0.3, -0.25) is 0 Å². The monoisotopic (exact) mass is 254 g/mol. The molecule has 0 unspecified atom stereocenters. The van der Waals surface area contributed by atoms with Gasteiger partial charge in [0.2, 0.25) is 0 Å². The molecule has 0 bridgehead atoms. The van der Waals surface area contributed by atoms with Crippen molar-refractivity contribution in [2.45, 2.75) is 20.3 Å². The summed E-state index contributed by atoms with van der Waals surface area (Å²) in [6, 6.07) is 4.98. The van der Waals surface area contributed by atoms with Crippen LogP contribution in [0.15, 0.2) is 18.2 Å². The van der Waals surface area contributed by atoms with Crippen molar-refractivity contribution in [3.63, 3.8) is 0 Å². The lowest BCUT2D eigenvalue weighted by Crippen LogP contribution is -2.27. The zero-order valence-corrected chi connectivity index (χ0v) is 11.3. The van der Waals surface area contributed by atoms with E-state index in [4.69, 9.17) is 10.5 Å². The van der Waals surface area contributed by atoms with Gasteiger partial charge in [-0.25, -0.2) is 4.39 Å². The molecule has 102 valence electrons. The van der Waals surface area contributed by atoms with Crippen LogP contribution in [0.3, 0.4) is 0 Å². The molecule has 0 saturated heterocycles. The molecule has 1 rings (SSSR count). The Labute approximate surface area is 109 Å². The van der Waals surface area contributed by atoms with Crippen LogP contribution in [0.2, 0.25) is 0 Å². The summed E-state index contributed by atoms with van der Waals surface area (Å²) in [7, 11) is 0. The van der Waals surface area contributed by atoms with E-state index in [1.807, 2.05) is 0 Å². The Kier molecular flexibility index (Phi) is 6.68. The third kappa shape index (κ3) is 4.63. The van der Waals surface area contributed by atoms with Gasteiger partial charge in [-0.2, -0.15) is 0 Å². The molecule has 1 aromatic carbocycles. The first kappa shape index (κ1) is 14.9. The predicted octanol–water partition coefficient (Wildman–Crippen LogP) is 2.05. The first-order valence-electron chi connectivity index (χ1n) is 6.54. The smallest absolute Gasteiger partial charge is 0.130 e. The van der Waals surface area contributed by atoms with Crippen molar-refractivity contribution in [2.75, 3.05) is 32.8 Å². The van der Waals surface area contributed by atoms with Crippen LogP contribution < -0.4 is 10.5 Å². The summed E-state index contributed by atoms with van der Waals surface area (Å²) in [5.74, 6) is 0.348. The van der Waals surface area contributed by atoms with Crippen molar-refractivity contribution in [3.8, 4) is 5.75 Å². The molecule has 0 fully saturated rings. The van der Waals surface area contributed by atoms with Crippen LogP contribution in [0.25, 0.3) is 0 Å². The van der Waals surface area contributed by atoms with E-state index in [1.165, 1.54) is 6.07 Å². The van der Waals surface area contributed by atoms with Gasteiger partial charge >= 0.3 is 0 Å². The maximum atomic E-state index is 13.6. The summed E-state index contributed by atoms with van der Waals surface area (Å²) in [6.45, 7) is 8.14.